The number of hydrogen-bond donors (Lipinski definition) is 1. The highest BCUT2D eigenvalue weighted by Gasteiger charge is 2.23. The molecular weight excluding hydrogens is 162 g/mol. The van der Waals surface area contributed by atoms with Crippen LogP contribution in [0.25, 0.3) is 0 Å². The van der Waals surface area contributed by atoms with Crippen molar-refractivity contribution in [3.63, 3.8) is 0 Å². The van der Waals surface area contributed by atoms with Gasteiger partial charge >= 0.3 is 0 Å². The van der Waals surface area contributed by atoms with Crippen LogP contribution in [0.5, 0.6) is 0 Å². The molecule has 13 heavy (non-hydrogen) atoms. The lowest BCUT2D eigenvalue weighted by Crippen LogP contribution is -2.42. The van der Waals surface area contributed by atoms with Crippen LogP contribution in [0.15, 0.2) is 0 Å². The van der Waals surface area contributed by atoms with Crippen molar-refractivity contribution in [2.45, 2.75) is 58.8 Å². The molecule has 1 heterocycles. The molecule has 1 aliphatic heterocycles. The molecule has 1 rings (SSSR count). The molecule has 0 aromatic heterocycles. The van der Waals surface area contributed by atoms with E-state index in [1.807, 2.05) is 0 Å². The fourth-order valence-electron chi connectivity index (χ4n) is 1.97. The fraction of sp³-hybridized carbons (Fsp3) is 1.00. The third-order valence-corrected chi connectivity index (χ3v) is 2.51. The molecule has 0 bridgehead atoms. The Bertz CT molecular complexity index is 137. The quantitative estimate of drug-likeness (QED) is 0.727. The van der Waals surface area contributed by atoms with Gasteiger partial charge in [0.2, 0.25) is 0 Å². The molecule has 0 spiro atoms. The Hall–Kier alpha value is -0.0800. The van der Waals surface area contributed by atoms with Crippen LogP contribution in [0.3, 0.4) is 0 Å². The van der Waals surface area contributed by atoms with Gasteiger partial charge in [0.25, 0.3) is 0 Å². The van der Waals surface area contributed by atoms with Crippen LogP contribution in [-0.4, -0.2) is 24.8 Å². The second-order valence-electron chi connectivity index (χ2n) is 4.73. The molecule has 1 saturated heterocycles. The molecule has 0 aromatic rings. The highest BCUT2D eigenvalue weighted by Crippen LogP contribution is 2.18. The third kappa shape index (κ3) is 4.10. The van der Waals surface area contributed by atoms with Crippen molar-refractivity contribution in [1.29, 1.82) is 0 Å². The summed E-state index contributed by atoms with van der Waals surface area (Å²) in [5, 5.41) is 3.60. The number of hydrogen-bond acceptors (Lipinski definition) is 2. The van der Waals surface area contributed by atoms with E-state index in [4.69, 9.17) is 4.74 Å². The predicted octanol–water partition coefficient (Wildman–Crippen LogP) is 2.19. The van der Waals surface area contributed by atoms with E-state index < -0.39 is 0 Å². The summed E-state index contributed by atoms with van der Waals surface area (Å²) < 4.78 is 5.68. The van der Waals surface area contributed by atoms with E-state index in [0.29, 0.717) is 18.2 Å². The number of ether oxygens (including phenoxy) is 1. The minimum Gasteiger partial charge on any atom is -0.375 e. The van der Waals surface area contributed by atoms with Crippen LogP contribution < -0.4 is 5.32 Å². The monoisotopic (exact) mass is 185 g/mol. The second kappa shape index (κ2) is 4.97. The van der Waals surface area contributed by atoms with Gasteiger partial charge in [0, 0.05) is 6.04 Å². The van der Waals surface area contributed by atoms with Gasteiger partial charge in [-0.25, -0.2) is 0 Å². The van der Waals surface area contributed by atoms with Crippen molar-refractivity contribution < 1.29 is 4.74 Å². The van der Waals surface area contributed by atoms with E-state index in [1.165, 1.54) is 0 Å². The number of nitrogens with one attached hydrogen (secondary N) is 1. The summed E-state index contributed by atoms with van der Waals surface area (Å²) in [6, 6.07) is 0.668. The summed E-state index contributed by atoms with van der Waals surface area (Å²) in [7, 11) is 0. The van der Waals surface area contributed by atoms with Crippen LogP contribution in [0.2, 0.25) is 0 Å². The first-order chi connectivity index (χ1) is 6.08. The van der Waals surface area contributed by atoms with Crippen LogP contribution in [0.1, 0.15) is 40.5 Å². The first-order valence-electron chi connectivity index (χ1n) is 5.46. The van der Waals surface area contributed by atoms with Gasteiger partial charge < -0.3 is 10.1 Å². The summed E-state index contributed by atoms with van der Waals surface area (Å²) in [6.07, 6.45) is 3.18. The van der Waals surface area contributed by atoms with Crippen LogP contribution in [0.4, 0.5) is 0 Å². The maximum atomic E-state index is 5.68. The highest BCUT2D eigenvalue weighted by atomic mass is 16.5. The first-order valence-corrected chi connectivity index (χ1v) is 5.46. The third-order valence-electron chi connectivity index (χ3n) is 2.51. The van der Waals surface area contributed by atoms with E-state index in [9.17, 15) is 0 Å². The van der Waals surface area contributed by atoms with Crippen molar-refractivity contribution in [1.82, 2.24) is 5.32 Å². The average molecular weight is 185 g/mol. The molecule has 0 aliphatic carbocycles. The maximum absolute atomic E-state index is 5.68. The molecule has 2 nitrogen and oxygen atoms in total. The Kier molecular flexibility index (Phi) is 4.20. The van der Waals surface area contributed by atoms with E-state index in [0.717, 1.165) is 25.3 Å². The van der Waals surface area contributed by atoms with Crippen molar-refractivity contribution in [3.8, 4) is 0 Å². The lowest BCUT2D eigenvalue weighted by atomic mass is 9.99. The lowest BCUT2D eigenvalue weighted by Gasteiger charge is -2.33. The van der Waals surface area contributed by atoms with Gasteiger partial charge in [-0.3, -0.25) is 0 Å². The van der Waals surface area contributed by atoms with Crippen LogP contribution in [-0.2, 0) is 4.74 Å². The van der Waals surface area contributed by atoms with E-state index in [1.54, 1.807) is 0 Å². The topological polar surface area (TPSA) is 21.3 Å². The summed E-state index contributed by atoms with van der Waals surface area (Å²) >= 11 is 0. The summed E-state index contributed by atoms with van der Waals surface area (Å²) in [5.41, 5.74) is 0. The fourth-order valence-corrected chi connectivity index (χ4v) is 1.97. The van der Waals surface area contributed by atoms with E-state index in [2.05, 4.69) is 33.0 Å². The van der Waals surface area contributed by atoms with Crippen molar-refractivity contribution in [3.05, 3.63) is 0 Å². The van der Waals surface area contributed by atoms with Gasteiger partial charge in [-0.15, -0.1) is 0 Å². The molecule has 0 saturated carbocycles. The molecule has 2 atom stereocenters. The first kappa shape index (κ1) is 11.0. The SMILES string of the molecule is CC(C)CNC1C[C@H](C)O[C@@H](C)C1. The van der Waals surface area contributed by atoms with Crippen molar-refractivity contribution >= 4 is 0 Å². The Morgan fingerprint density at radius 3 is 2.23 bits per heavy atom. The predicted molar refractivity (Wildman–Crippen MR) is 55.9 cm³/mol. The zero-order valence-corrected chi connectivity index (χ0v) is 9.34. The van der Waals surface area contributed by atoms with Gasteiger partial charge in [-0.1, -0.05) is 13.8 Å². The Balaban J connectivity index is 2.25. The molecule has 2 heteroatoms. The van der Waals surface area contributed by atoms with Crippen molar-refractivity contribution in [2.75, 3.05) is 6.54 Å². The normalized spacial score (nSPS) is 35.3. The molecule has 78 valence electrons. The van der Waals surface area contributed by atoms with Gasteiger partial charge in [-0.05, 0) is 39.2 Å². The summed E-state index contributed by atoms with van der Waals surface area (Å²) in [6.45, 7) is 9.96. The molecule has 0 unspecified atom stereocenters. The Labute approximate surface area is 82.0 Å². The minimum atomic E-state index is 0.424. The second-order valence-corrected chi connectivity index (χ2v) is 4.73. The molecule has 1 fully saturated rings. The Morgan fingerprint density at radius 1 is 1.23 bits per heavy atom. The summed E-state index contributed by atoms with van der Waals surface area (Å²) in [5.74, 6) is 0.744. The zero-order chi connectivity index (χ0) is 9.84. The van der Waals surface area contributed by atoms with Crippen LogP contribution >= 0.6 is 0 Å². The molecule has 1 aliphatic rings. The molecule has 0 amide bonds. The molecular formula is C11H23NO. The van der Waals surface area contributed by atoms with E-state index in [-0.39, 0.29) is 0 Å². The molecule has 0 aromatic carbocycles. The molecule has 0 radical (unpaired) electrons. The number of rotatable bonds is 3. The summed E-state index contributed by atoms with van der Waals surface area (Å²) in [4.78, 5) is 0. The van der Waals surface area contributed by atoms with E-state index >= 15 is 0 Å². The van der Waals surface area contributed by atoms with Crippen molar-refractivity contribution in [2.24, 2.45) is 5.92 Å². The van der Waals surface area contributed by atoms with Gasteiger partial charge in [0.1, 0.15) is 0 Å². The standard InChI is InChI=1S/C11H23NO/c1-8(2)7-12-11-5-9(3)13-10(4)6-11/h8-12H,5-7H2,1-4H3/t9-,10-/m0/s1. The van der Waals surface area contributed by atoms with Gasteiger partial charge in [-0.2, -0.15) is 0 Å². The van der Waals surface area contributed by atoms with Crippen LogP contribution in [0, 0.1) is 5.92 Å². The van der Waals surface area contributed by atoms with Gasteiger partial charge in [0.15, 0.2) is 0 Å². The zero-order valence-electron chi connectivity index (χ0n) is 9.34. The highest BCUT2D eigenvalue weighted by molar-refractivity contribution is 4.78. The average Bonchev–Trinajstić information content (AvgIpc) is 1.99. The smallest absolute Gasteiger partial charge is 0.0565 e. The van der Waals surface area contributed by atoms with Gasteiger partial charge in [0.05, 0.1) is 12.2 Å². The Morgan fingerprint density at radius 2 is 1.77 bits per heavy atom. The minimum absolute atomic E-state index is 0.424. The maximum Gasteiger partial charge on any atom is 0.0565 e. The molecule has 1 N–H and O–H groups in total. The lowest BCUT2D eigenvalue weighted by molar-refractivity contribution is -0.0423. The largest absolute Gasteiger partial charge is 0.375 e.